The lowest BCUT2D eigenvalue weighted by Crippen LogP contribution is -1.96. The minimum Gasteiger partial charge on any atom is -0.309 e. The first-order valence-electron chi connectivity index (χ1n) is 18.6. The number of fused-ring (bicyclic) bond motifs is 10. The van der Waals surface area contributed by atoms with Crippen LogP contribution in [-0.2, 0) is 0 Å². The third-order valence-electron chi connectivity index (χ3n) is 11.1. The van der Waals surface area contributed by atoms with Crippen LogP contribution < -0.4 is 0 Å². The molecule has 2 heterocycles. The molecule has 2 nitrogen and oxygen atoms in total. The van der Waals surface area contributed by atoms with Crippen LogP contribution in [-0.4, -0.2) is 9.13 Å². The highest BCUT2D eigenvalue weighted by Gasteiger charge is 2.24. The van der Waals surface area contributed by atoms with Gasteiger partial charge in [-0.15, -0.1) is 0 Å². The summed E-state index contributed by atoms with van der Waals surface area (Å²) in [5.41, 5.74) is 14.4. The van der Waals surface area contributed by atoms with Crippen molar-refractivity contribution < 1.29 is 0 Å². The van der Waals surface area contributed by atoms with Gasteiger partial charge in [-0.05, 0) is 93.4 Å². The molecule has 0 radical (unpaired) electrons. The summed E-state index contributed by atoms with van der Waals surface area (Å²) in [4.78, 5) is 0. The zero-order valence-corrected chi connectivity index (χ0v) is 29.5. The van der Waals surface area contributed by atoms with Gasteiger partial charge in [-0.2, -0.15) is 0 Å². The molecule has 0 aliphatic carbocycles. The fourth-order valence-electron chi connectivity index (χ4n) is 8.70. The Morgan fingerprint density at radius 1 is 0.241 bits per heavy atom. The van der Waals surface area contributed by atoms with Crippen LogP contribution in [0.2, 0.25) is 0 Å². The van der Waals surface area contributed by atoms with Crippen LogP contribution in [0.25, 0.3) is 99.1 Å². The number of rotatable bonds is 5. The van der Waals surface area contributed by atoms with E-state index in [0.717, 1.165) is 11.4 Å². The first-order valence-corrected chi connectivity index (χ1v) is 18.6. The van der Waals surface area contributed by atoms with Crippen molar-refractivity contribution in [1.82, 2.24) is 9.13 Å². The van der Waals surface area contributed by atoms with E-state index in [9.17, 15) is 0 Å². The number of benzene rings is 9. The van der Waals surface area contributed by atoms with Crippen LogP contribution in [0.1, 0.15) is 0 Å². The third kappa shape index (κ3) is 4.67. The predicted molar refractivity (Wildman–Crippen MR) is 229 cm³/mol. The maximum Gasteiger partial charge on any atom is 0.0647 e. The molecule has 0 aliphatic rings. The lowest BCUT2D eigenvalue weighted by Gasteiger charge is -2.14. The molecule has 2 heteroatoms. The Morgan fingerprint density at radius 3 is 1.19 bits per heavy atom. The lowest BCUT2D eigenvalue weighted by molar-refractivity contribution is 1.18. The average Bonchev–Trinajstić information content (AvgIpc) is 3.79. The molecule has 0 amide bonds. The van der Waals surface area contributed by atoms with Crippen molar-refractivity contribution in [3.8, 4) is 44.8 Å². The Kier molecular flexibility index (Phi) is 6.90. The second-order valence-corrected chi connectivity index (χ2v) is 14.1. The van der Waals surface area contributed by atoms with E-state index < -0.39 is 0 Å². The van der Waals surface area contributed by atoms with Gasteiger partial charge in [0.25, 0.3) is 0 Å². The molecule has 0 aliphatic heterocycles. The predicted octanol–water partition coefficient (Wildman–Crippen LogP) is 14.0. The highest BCUT2D eigenvalue weighted by Crippen LogP contribution is 2.47. The zero-order chi connectivity index (χ0) is 35.6. The molecular formula is C52H34N2. The molecule has 11 aromatic rings. The number of aromatic nitrogens is 2. The molecule has 0 atom stereocenters. The van der Waals surface area contributed by atoms with Crippen LogP contribution >= 0.6 is 0 Å². The smallest absolute Gasteiger partial charge is 0.0647 e. The zero-order valence-electron chi connectivity index (χ0n) is 29.5. The van der Waals surface area contributed by atoms with Gasteiger partial charge in [0.05, 0.1) is 22.1 Å². The minimum atomic E-state index is 1.14. The fraction of sp³-hybridized carbons (Fsp3) is 0. The molecular weight excluding hydrogens is 653 g/mol. The summed E-state index contributed by atoms with van der Waals surface area (Å²) >= 11 is 0. The van der Waals surface area contributed by atoms with Gasteiger partial charge in [0.15, 0.2) is 0 Å². The van der Waals surface area contributed by atoms with Gasteiger partial charge in [-0.3, -0.25) is 0 Å². The Bertz CT molecular complexity index is 3110. The first kappa shape index (κ1) is 30.5. The van der Waals surface area contributed by atoms with Gasteiger partial charge in [0.1, 0.15) is 0 Å². The van der Waals surface area contributed by atoms with Crippen molar-refractivity contribution in [3.05, 3.63) is 206 Å². The van der Waals surface area contributed by atoms with Crippen molar-refractivity contribution >= 4 is 54.4 Å². The number of hydrogen-bond acceptors (Lipinski definition) is 0. The molecule has 0 N–H and O–H groups in total. The van der Waals surface area contributed by atoms with Gasteiger partial charge in [0, 0.05) is 38.3 Å². The van der Waals surface area contributed by atoms with E-state index in [1.807, 2.05) is 0 Å². The third-order valence-corrected chi connectivity index (χ3v) is 11.1. The second-order valence-electron chi connectivity index (χ2n) is 14.1. The van der Waals surface area contributed by atoms with Crippen LogP contribution in [0, 0.1) is 0 Å². The Morgan fingerprint density at radius 2 is 0.630 bits per heavy atom. The normalized spacial score (nSPS) is 11.7. The largest absolute Gasteiger partial charge is 0.309 e. The van der Waals surface area contributed by atoms with Gasteiger partial charge in [-0.1, -0.05) is 152 Å². The maximum absolute atomic E-state index is 2.50. The number of nitrogens with zero attached hydrogens (tertiary/aromatic N) is 2. The minimum absolute atomic E-state index is 1.14. The topological polar surface area (TPSA) is 9.86 Å². The van der Waals surface area contributed by atoms with E-state index >= 15 is 0 Å². The molecule has 11 rings (SSSR count). The molecule has 9 aromatic carbocycles. The van der Waals surface area contributed by atoms with E-state index in [2.05, 4.69) is 215 Å². The van der Waals surface area contributed by atoms with Crippen LogP contribution in [0.4, 0.5) is 0 Å². The molecule has 0 saturated carbocycles. The van der Waals surface area contributed by atoms with Crippen molar-refractivity contribution in [2.75, 3.05) is 0 Å². The fourth-order valence-corrected chi connectivity index (χ4v) is 8.70. The lowest BCUT2D eigenvalue weighted by atomic mass is 9.93. The molecule has 0 saturated heterocycles. The standard InChI is InChI=1S/C52H34N2/c1-4-16-35(17-5-1)38-32-39(36-18-6-2-7-19-36)34-40(33-38)37-28-30-42(31-29-37)54-47-26-14-12-24-45(47)49-43-22-10-11-23-44(43)51-50(52(49)54)46-25-13-15-27-48(46)53(51)41-20-8-3-9-21-41/h1-34H. The summed E-state index contributed by atoms with van der Waals surface area (Å²) < 4.78 is 4.96. The highest BCUT2D eigenvalue weighted by atomic mass is 15.0. The molecule has 2 aromatic heterocycles. The van der Waals surface area contributed by atoms with E-state index in [1.165, 1.54) is 87.8 Å². The summed E-state index contributed by atoms with van der Waals surface area (Å²) in [7, 11) is 0. The van der Waals surface area contributed by atoms with E-state index in [0.29, 0.717) is 0 Å². The number of hydrogen-bond donors (Lipinski definition) is 0. The van der Waals surface area contributed by atoms with Crippen molar-refractivity contribution in [2.24, 2.45) is 0 Å². The summed E-state index contributed by atoms with van der Waals surface area (Å²) in [6.45, 7) is 0. The van der Waals surface area contributed by atoms with Crippen molar-refractivity contribution in [3.63, 3.8) is 0 Å². The van der Waals surface area contributed by atoms with Crippen LogP contribution in [0.15, 0.2) is 206 Å². The first-order chi connectivity index (χ1) is 26.8. The van der Waals surface area contributed by atoms with E-state index in [1.54, 1.807) is 0 Å². The Balaban J connectivity index is 1.19. The monoisotopic (exact) mass is 686 g/mol. The van der Waals surface area contributed by atoms with Crippen LogP contribution in [0.5, 0.6) is 0 Å². The Labute approximate surface area is 313 Å². The maximum atomic E-state index is 2.50. The SMILES string of the molecule is c1ccc(-c2cc(-c3ccccc3)cc(-c3ccc(-n4c5ccccc5c5c6ccccc6c6c(c7ccccc7n6-c6ccccc6)c54)cc3)c2)cc1. The van der Waals surface area contributed by atoms with Gasteiger partial charge in [0.2, 0.25) is 0 Å². The van der Waals surface area contributed by atoms with Crippen LogP contribution in [0.3, 0.4) is 0 Å². The Hall–Kier alpha value is -7.16. The molecule has 54 heavy (non-hydrogen) atoms. The van der Waals surface area contributed by atoms with Crippen molar-refractivity contribution in [1.29, 1.82) is 0 Å². The molecule has 0 unspecified atom stereocenters. The molecule has 0 bridgehead atoms. The summed E-state index contributed by atoms with van der Waals surface area (Å²) in [6, 6.07) is 75.1. The molecule has 0 spiro atoms. The molecule has 0 fully saturated rings. The van der Waals surface area contributed by atoms with Crippen molar-refractivity contribution in [2.45, 2.75) is 0 Å². The highest BCUT2D eigenvalue weighted by molar-refractivity contribution is 6.36. The average molecular weight is 687 g/mol. The number of para-hydroxylation sites is 3. The van der Waals surface area contributed by atoms with E-state index in [4.69, 9.17) is 0 Å². The summed E-state index contributed by atoms with van der Waals surface area (Å²) in [6.07, 6.45) is 0. The quantitative estimate of drug-likeness (QED) is 0.171. The molecule has 252 valence electrons. The van der Waals surface area contributed by atoms with E-state index in [-0.39, 0.29) is 0 Å². The van der Waals surface area contributed by atoms with Gasteiger partial charge < -0.3 is 9.13 Å². The van der Waals surface area contributed by atoms with Gasteiger partial charge in [-0.25, -0.2) is 0 Å². The summed E-state index contributed by atoms with van der Waals surface area (Å²) in [5, 5.41) is 7.58. The second kappa shape index (κ2) is 12.2. The summed E-state index contributed by atoms with van der Waals surface area (Å²) in [5.74, 6) is 0. The van der Waals surface area contributed by atoms with Gasteiger partial charge >= 0.3 is 0 Å².